The van der Waals surface area contributed by atoms with Gasteiger partial charge in [-0.05, 0) is 30.7 Å². The van der Waals surface area contributed by atoms with Gasteiger partial charge in [-0.1, -0.05) is 42.5 Å². The summed E-state index contributed by atoms with van der Waals surface area (Å²) in [5, 5.41) is 0. The SMILES string of the molecule is S=C(CC1CC1)N1CCC(c2ccccc2)C1. The van der Waals surface area contributed by atoms with Crippen LogP contribution in [0.4, 0.5) is 0 Å². The van der Waals surface area contributed by atoms with E-state index in [1.54, 1.807) is 0 Å². The van der Waals surface area contributed by atoms with Gasteiger partial charge >= 0.3 is 0 Å². The maximum Gasteiger partial charge on any atom is 0.0782 e. The zero-order valence-corrected chi connectivity index (χ0v) is 11.0. The molecule has 0 amide bonds. The van der Waals surface area contributed by atoms with Gasteiger partial charge in [0.15, 0.2) is 0 Å². The van der Waals surface area contributed by atoms with Crippen LogP contribution in [0, 0.1) is 5.92 Å². The van der Waals surface area contributed by atoms with Crippen LogP contribution in [0.5, 0.6) is 0 Å². The van der Waals surface area contributed by atoms with E-state index in [9.17, 15) is 0 Å². The molecule has 1 heterocycles. The third-order valence-corrected chi connectivity index (χ3v) is 4.40. The summed E-state index contributed by atoms with van der Waals surface area (Å²) < 4.78 is 0. The second-order valence-corrected chi connectivity index (χ2v) is 5.85. The van der Waals surface area contributed by atoms with E-state index in [1.165, 1.54) is 29.8 Å². The van der Waals surface area contributed by atoms with Crippen molar-refractivity contribution in [3.05, 3.63) is 35.9 Å². The lowest BCUT2D eigenvalue weighted by atomic mass is 9.99. The number of nitrogens with zero attached hydrogens (tertiary/aromatic N) is 1. The van der Waals surface area contributed by atoms with Gasteiger partial charge in [-0.3, -0.25) is 0 Å². The summed E-state index contributed by atoms with van der Waals surface area (Å²) in [5.74, 6) is 1.60. The molecule has 0 N–H and O–H groups in total. The molecule has 1 nitrogen and oxygen atoms in total. The first-order valence-corrected chi connectivity index (χ1v) is 7.06. The fraction of sp³-hybridized carbons (Fsp3) is 0.533. The number of hydrogen-bond donors (Lipinski definition) is 0. The van der Waals surface area contributed by atoms with Gasteiger partial charge in [-0.25, -0.2) is 0 Å². The van der Waals surface area contributed by atoms with Gasteiger partial charge in [0.1, 0.15) is 0 Å². The van der Waals surface area contributed by atoms with Gasteiger partial charge in [-0.15, -0.1) is 0 Å². The lowest BCUT2D eigenvalue weighted by molar-refractivity contribution is 0.504. The summed E-state index contributed by atoms with van der Waals surface area (Å²) in [7, 11) is 0. The van der Waals surface area contributed by atoms with Crippen molar-refractivity contribution in [1.29, 1.82) is 0 Å². The van der Waals surface area contributed by atoms with Gasteiger partial charge in [0.25, 0.3) is 0 Å². The fourth-order valence-corrected chi connectivity index (χ4v) is 3.08. The molecule has 2 fully saturated rings. The lowest BCUT2D eigenvalue weighted by Gasteiger charge is -2.19. The number of hydrogen-bond acceptors (Lipinski definition) is 1. The van der Waals surface area contributed by atoms with Gasteiger partial charge in [0.2, 0.25) is 0 Å². The standard InChI is InChI=1S/C15H19NS/c17-15(10-12-6-7-12)16-9-8-14(11-16)13-4-2-1-3-5-13/h1-5,12,14H,6-11H2. The smallest absolute Gasteiger partial charge is 0.0782 e. The van der Waals surface area contributed by atoms with E-state index in [4.69, 9.17) is 12.2 Å². The van der Waals surface area contributed by atoms with Gasteiger partial charge in [0.05, 0.1) is 4.99 Å². The van der Waals surface area contributed by atoms with E-state index in [2.05, 4.69) is 35.2 Å². The van der Waals surface area contributed by atoms with Crippen molar-refractivity contribution in [3.8, 4) is 0 Å². The summed E-state index contributed by atoms with van der Waals surface area (Å²) >= 11 is 5.56. The molecule has 1 aliphatic carbocycles. The first-order valence-electron chi connectivity index (χ1n) is 6.65. The number of benzene rings is 1. The Morgan fingerprint density at radius 2 is 1.94 bits per heavy atom. The minimum Gasteiger partial charge on any atom is -0.366 e. The Kier molecular flexibility index (Phi) is 3.15. The second-order valence-electron chi connectivity index (χ2n) is 5.38. The van der Waals surface area contributed by atoms with Gasteiger partial charge in [-0.2, -0.15) is 0 Å². The first kappa shape index (κ1) is 11.2. The van der Waals surface area contributed by atoms with E-state index in [0.29, 0.717) is 5.92 Å². The highest BCUT2D eigenvalue weighted by molar-refractivity contribution is 7.80. The van der Waals surface area contributed by atoms with E-state index >= 15 is 0 Å². The minimum absolute atomic E-state index is 0.688. The zero-order valence-electron chi connectivity index (χ0n) is 10.1. The van der Waals surface area contributed by atoms with Crippen molar-refractivity contribution in [2.45, 2.75) is 31.6 Å². The van der Waals surface area contributed by atoms with Crippen LogP contribution in [-0.4, -0.2) is 23.0 Å². The monoisotopic (exact) mass is 245 g/mol. The Morgan fingerprint density at radius 1 is 1.18 bits per heavy atom. The van der Waals surface area contributed by atoms with E-state index < -0.39 is 0 Å². The van der Waals surface area contributed by atoms with Crippen molar-refractivity contribution >= 4 is 17.2 Å². The zero-order chi connectivity index (χ0) is 11.7. The lowest BCUT2D eigenvalue weighted by Crippen LogP contribution is -2.27. The second kappa shape index (κ2) is 4.77. The third kappa shape index (κ3) is 2.68. The Labute approximate surface area is 109 Å². The van der Waals surface area contributed by atoms with Crippen molar-refractivity contribution in [3.63, 3.8) is 0 Å². The Morgan fingerprint density at radius 3 is 2.65 bits per heavy atom. The van der Waals surface area contributed by atoms with Crippen molar-refractivity contribution in [2.24, 2.45) is 5.92 Å². The van der Waals surface area contributed by atoms with Gasteiger partial charge < -0.3 is 4.90 Å². The molecule has 2 heteroatoms. The molecule has 17 heavy (non-hydrogen) atoms. The molecule has 0 spiro atoms. The largest absolute Gasteiger partial charge is 0.366 e. The molecule has 1 unspecified atom stereocenters. The third-order valence-electron chi connectivity index (χ3n) is 3.97. The average molecular weight is 245 g/mol. The summed E-state index contributed by atoms with van der Waals surface area (Å²) in [6.45, 7) is 2.29. The van der Waals surface area contributed by atoms with Gasteiger partial charge in [0, 0.05) is 25.4 Å². The Bertz CT molecular complexity index is 397. The molecule has 90 valence electrons. The topological polar surface area (TPSA) is 3.24 Å². The predicted octanol–water partition coefficient (Wildman–Crippen LogP) is 3.60. The number of rotatable bonds is 3. The molecule has 1 atom stereocenters. The molecule has 2 aliphatic rings. The molecular formula is C15H19NS. The molecular weight excluding hydrogens is 226 g/mol. The molecule has 1 saturated heterocycles. The summed E-state index contributed by atoms with van der Waals surface area (Å²) in [4.78, 5) is 3.65. The van der Waals surface area contributed by atoms with Crippen molar-refractivity contribution in [2.75, 3.05) is 13.1 Å². The van der Waals surface area contributed by atoms with Crippen LogP contribution >= 0.6 is 12.2 Å². The Balaban J connectivity index is 1.59. The van der Waals surface area contributed by atoms with Crippen molar-refractivity contribution in [1.82, 2.24) is 4.90 Å². The van der Waals surface area contributed by atoms with E-state index in [-0.39, 0.29) is 0 Å². The summed E-state index contributed by atoms with van der Waals surface area (Å²) in [6.07, 6.45) is 5.22. The van der Waals surface area contributed by atoms with Crippen LogP contribution in [0.1, 0.15) is 37.2 Å². The molecule has 0 radical (unpaired) electrons. The summed E-state index contributed by atoms with van der Waals surface area (Å²) in [5.41, 5.74) is 1.48. The fourth-order valence-electron chi connectivity index (χ4n) is 2.68. The number of likely N-dealkylation sites (tertiary alicyclic amines) is 1. The molecule has 3 rings (SSSR count). The van der Waals surface area contributed by atoms with Crippen LogP contribution < -0.4 is 0 Å². The van der Waals surface area contributed by atoms with Crippen molar-refractivity contribution < 1.29 is 0 Å². The quantitative estimate of drug-likeness (QED) is 0.749. The molecule has 1 aromatic rings. The van der Waals surface area contributed by atoms with Crippen LogP contribution in [0.2, 0.25) is 0 Å². The maximum atomic E-state index is 5.56. The van der Waals surface area contributed by atoms with Crippen LogP contribution in [0.25, 0.3) is 0 Å². The number of thiocarbonyl (C=S) groups is 1. The van der Waals surface area contributed by atoms with E-state index in [0.717, 1.165) is 25.4 Å². The maximum absolute atomic E-state index is 5.56. The average Bonchev–Trinajstić information content (AvgIpc) is 3.04. The molecule has 0 aromatic heterocycles. The highest BCUT2D eigenvalue weighted by atomic mass is 32.1. The summed E-state index contributed by atoms with van der Waals surface area (Å²) in [6, 6.07) is 10.9. The van der Waals surface area contributed by atoms with E-state index in [1.807, 2.05) is 0 Å². The van der Waals surface area contributed by atoms with Crippen LogP contribution in [0.3, 0.4) is 0 Å². The molecule has 0 bridgehead atoms. The highest BCUT2D eigenvalue weighted by Gasteiger charge is 2.29. The Hall–Kier alpha value is -0.890. The van der Waals surface area contributed by atoms with Crippen LogP contribution in [-0.2, 0) is 0 Å². The van der Waals surface area contributed by atoms with Crippen LogP contribution in [0.15, 0.2) is 30.3 Å². The highest BCUT2D eigenvalue weighted by Crippen LogP contribution is 2.35. The minimum atomic E-state index is 0.688. The molecule has 1 aliphatic heterocycles. The normalized spacial score (nSPS) is 24.0. The molecule has 1 aromatic carbocycles. The predicted molar refractivity (Wildman–Crippen MR) is 75.3 cm³/mol. The first-order chi connectivity index (χ1) is 8.33. The molecule has 1 saturated carbocycles.